The van der Waals surface area contributed by atoms with Crippen LogP contribution < -0.4 is 20.1 Å². The summed E-state index contributed by atoms with van der Waals surface area (Å²) in [6.07, 6.45) is -1.40. The molecule has 0 spiro atoms. The first-order valence-corrected chi connectivity index (χ1v) is 31.9. The van der Waals surface area contributed by atoms with Crippen LogP contribution in [-0.2, 0) is 49.9 Å². The van der Waals surface area contributed by atoms with Gasteiger partial charge in [0.2, 0.25) is 0 Å². The van der Waals surface area contributed by atoms with Crippen LogP contribution in [0, 0.1) is 0 Å². The number of carbonyl (C=O) groups is 4. The Morgan fingerprint density at radius 1 is 0.493 bits per heavy atom. The van der Waals surface area contributed by atoms with E-state index >= 15 is 0 Å². The molecule has 6 aromatic carbocycles. The molecule has 0 aliphatic carbocycles. The molecule has 0 aromatic heterocycles. The molecule has 0 unspecified atom stereocenters. The smallest absolute Gasteiger partial charge is 0.481 e. The van der Waals surface area contributed by atoms with Crippen LogP contribution in [0.1, 0.15) is 22.3 Å². The molecule has 0 atom stereocenters. The standard InChI is InChI=1S/C27H29Cl2NO5Si.C14H11Cl2NO2.C13H20O4Si/c1-36(2,3)16-15-33-27(32)35-21-13-11-19(12-14-21)18-34-25(31)17-20-7-4-5-10-24(20)30-26-22(28)8-6-9-23(26)29;15-10-5-3-6-11(16)14(10)17-12-7-2-1-4-9(12)8-13(18)19;1-18(2,3)9-8-16-13(15)17-12-6-4-11(10-14)5-7-12/h4-14,30H,15-18H2,1-3H3;1-7,17H,8H2,(H,18,19);4-7,14H,8-10H2,1-3H3. The molecule has 6 aromatic rings. The first-order valence-electron chi connectivity index (χ1n) is 23.0. The van der Waals surface area contributed by atoms with Crippen molar-refractivity contribution in [2.75, 3.05) is 23.8 Å². The maximum absolute atomic E-state index is 12.5. The van der Waals surface area contributed by atoms with E-state index in [-0.39, 0.29) is 32.0 Å². The molecular weight excluding hydrogens is 1050 g/mol. The van der Waals surface area contributed by atoms with Crippen LogP contribution in [0.2, 0.25) is 71.5 Å². The Kier molecular flexibility index (Phi) is 24.1. The van der Waals surface area contributed by atoms with Crippen molar-refractivity contribution in [3.05, 3.63) is 176 Å². The number of para-hydroxylation sites is 4. The lowest BCUT2D eigenvalue weighted by molar-refractivity contribution is -0.144. The Labute approximate surface area is 448 Å². The van der Waals surface area contributed by atoms with Gasteiger partial charge in [-0.1, -0.05) is 158 Å². The number of hydrogen-bond acceptors (Lipinski definition) is 12. The lowest BCUT2D eigenvalue weighted by Crippen LogP contribution is -2.23. The number of aliphatic hydroxyl groups is 1. The highest BCUT2D eigenvalue weighted by Crippen LogP contribution is 2.35. The van der Waals surface area contributed by atoms with Crippen LogP contribution in [0.4, 0.5) is 32.3 Å². The minimum Gasteiger partial charge on any atom is -0.481 e. The monoisotopic (exact) mass is 1110 g/mol. The van der Waals surface area contributed by atoms with Gasteiger partial charge in [-0.3, -0.25) is 9.59 Å². The molecule has 0 aliphatic rings. The van der Waals surface area contributed by atoms with E-state index in [1.54, 1.807) is 103 Å². The zero-order chi connectivity index (χ0) is 53.6. The topological polar surface area (TPSA) is 179 Å². The van der Waals surface area contributed by atoms with Crippen molar-refractivity contribution in [2.45, 2.75) is 77.4 Å². The van der Waals surface area contributed by atoms with E-state index in [2.05, 4.69) is 49.9 Å². The number of halogens is 4. The number of carboxylic acids is 1. The number of rotatable bonds is 19. The fourth-order valence-corrected chi connectivity index (χ4v) is 8.49. The average Bonchev–Trinajstić information content (AvgIpc) is 3.32. The summed E-state index contributed by atoms with van der Waals surface area (Å²) in [4.78, 5) is 46.6. The fourth-order valence-electron chi connectivity index (χ4n) is 6.08. The molecule has 0 bridgehead atoms. The summed E-state index contributed by atoms with van der Waals surface area (Å²) in [5.41, 5.74) is 5.49. The van der Waals surface area contributed by atoms with E-state index in [4.69, 9.17) is 80.3 Å². The van der Waals surface area contributed by atoms with E-state index in [9.17, 15) is 19.2 Å². The van der Waals surface area contributed by atoms with Gasteiger partial charge in [0.05, 0.1) is 64.1 Å². The lowest BCUT2D eigenvalue weighted by atomic mass is 10.1. The number of aliphatic hydroxyl groups excluding tert-OH is 1. The third kappa shape index (κ3) is 22.7. The molecule has 388 valence electrons. The number of aliphatic carboxylic acids is 1. The number of carbonyl (C=O) groups excluding carboxylic acids is 3. The van der Waals surface area contributed by atoms with Gasteiger partial charge in [-0.15, -0.1) is 0 Å². The quantitative estimate of drug-likeness (QED) is 0.0261. The second-order valence-electron chi connectivity index (χ2n) is 18.6. The number of anilines is 4. The molecule has 0 saturated carbocycles. The van der Waals surface area contributed by atoms with Gasteiger partial charge < -0.3 is 44.5 Å². The number of ether oxygens (including phenoxy) is 5. The molecule has 0 saturated heterocycles. The van der Waals surface area contributed by atoms with Crippen molar-refractivity contribution >= 4 is 110 Å². The molecule has 0 amide bonds. The zero-order valence-corrected chi connectivity index (χ0v) is 46.5. The predicted molar refractivity (Wildman–Crippen MR) is 296 cm³/mol. The Balaban J connectivity index is 0.000000262. The Morgan fingerprint density at radius 2 is 0.877 bits per heavy atom. The molecule has 73 heavy (non-hydrogen) atoms. The van der Waals surface area contributed by atoms with Gasteiger partial charge >= 0.3 is 24.2 Å². The van der Waals surface area contributed by atoms with Crippen LogP contribution in [0.3, 0.4) is 0 Å². The Morgan fingerprint density at radius 3 is 1.26 bits per heavy atom. The van der Waals surface area contributed by atoms with E-state index in [0.717, 1.165) is 28.8 Å². The third-order valence-corrected chi connectivity index (χ3v) is 14.8. The zero-order valence-electron chi connectivity index (χ0n) is 41.4. The highest BCUT2D eigenvalue weighted by atomic mass is 35.5. The average molecular weight is 1110 g/mol. The van der Waals surface area contributed by atoms with Crippen molar-refractivity contribution in [1.82, 2.24) is 0 Å². The summed E-state index contributed by atoms with van der Waals surface area (Å²) < 4.78 is 25.8. The normalized spacial score (nSPS) is 10.8. The SMILES string of the molecule is C[Si](C)(C)CCOC(=O)Oc1ccc(CO)cc1.C[Si](C)(C)CCOC(=O)Oc1ccc(COC(=O)Cc2ccccc2Nc2c(Cl)cccc2Cl)cc1.O=C(O)Cc1ccccc1Nc1c(Cl)cccc1Cl. The first kappa shape index (κ1) is 59.5. The summed E-state index contributed by atoms with van der Waals surface area (Å²) >= 11 is 24.7. The van der Waals surface area contributed by atoms with Crippen LogP contribution in [-0.4, -0.2) is 63.8 Å². The summed E-state index contributed by atoms with van der Waals surface area (Å²) in [6, 6.07) is 40.1. The van der Waals surface area contributed by atoms with E-state index in [1.165, 1.54) is 0 Å². The van der Waals surface area contributed by atoms with Crippen LogP contribution in [0.15, 0.2) is 133 Å². The van der Waals surface area contributed by atoms with Crippen molar-refractivity contribution in [1.29, 1.82) is 0 Å². The van der Waals surface area contributed by atoms with Crippen LogP contribution >= 0.6 is 46.4 Å². The second kappa shape index (κ2) is 29.6. The fraction of sp³-hybridized carbons (Fsp3) is 0.259. The van der Waals surface area contributed by atoms with Gasteiger partial charge in [0, 0.05) is 27.5 Å². The summed E-state index contributed by atoms with van der Waals surface area (Å²) in [7, 11) is -2.47. The van der Waals surface area contributed by atoms with Gasteiger partial charge in [0.25, 0.3) is 0 Å². The summed E-state index contributed by atoms with van der Waals surface area (Å²) in [5.74, 6) is -0.494. The number of benzene rings is 6. The largest absolute Gasteiger partial charge is 0.513 e. The summed E-state index contributed by atoms with van der Waals surface area (Å²) in [5, 5.41) is 26.0. The minimum atomic E-state index is -1.28. The first-order chi connectivity index (χ1) is 34.6. The van der Waals surface area contributed by atoms with Crippen LogP contribution in [0.25, 0.3) is 0 Å². The molecule has 6 rings (SSSR count). The van der Waals surface area contributed by atoms with Gasteiger partial charge in [0.1, 0.15) is 18.1 Å². The summed E-state index contributed by atoms with van der Waals surface area (Å²) in [6.45, 7) is 14.1. The second-order valence-corrected chi connectivity index (χ2v) is 31.5. The number of nitrogens with one attached hydrogen (secondary N) is 2. The number of hydrogen-bond donors (Lipinski definition) is 4. The molecule has 13 nitrogen and oxygen atoms in total. The number of esters is 1. The van der Waals surface area contributed by atoms with Crippen molar-refractivity contribution in [3.8, 4) is 11.5 Å². The van der Waals surface area contributed by atoms with Gasteiger partial charge in [-0.05, 0) is 95.0 Å². The maximum Gasteiger partial charge on any atom is 0.513 e. The van der Waals surface area contributed by atoms with Crippen LogP contribution in [0.5, 0.6) is 11.5 Å². The minimum absolute atomic E-state index is 0.0268. The molecular formula is C54H60Cl4N2O11Si2. The highest BCUT2D eigenvalue weighted by molar-refractivity contribution is 6.76. The third-order valence-electron chi connectivity index (χ3n) is 10.1. The Bertz CT molecular complexity index is 2710. The van der Waals surface area contributed by atoms with E-state index in [1.807, 2.05) is 30.3 Å². The van der Waals surface area contributed by atoms with Crippen molar-refractivity contribution in [3.63, 3.8) is 0 Å². The molecule has 0 radical (unpaired) electrons. The van der Waals surface area contributed by atoms with Crippen molar-refractivity contribution in [2.24, 2.45) is 0 Å². The van der Waals surface area contributed by atoms with Gasteiger partial charge in [0.15, 0.2) is 0 Å². The maximum atomic E-state index is 12.5. The lowest BCUT2D eigenvalue weighted by Gasteiger charge is -2.15. The molecule has 0 aliphatic heterocycles. The van der Waals surface area contributed by atoms with Gasteiger partial charge in [-0.25, -0.2) is 9.59 Å². The van der Waals surface area contributed by atoms with Gasteiger partial charge in [-0.2, -0.15) is 0 Å². The predicted octanol–water partition coefficient (Wildman–Crippen LogP) is 15.3. The number of carboxylic acid groups (broad SMARTS) is 1. The molecule has 0 heterocycles. The van der Waals surface area contributed by atoms with E-state index in [0.29, 0.717) is 73.1 Å². The molecule has 0 fully saturated rings. The van der Waals surface area contributed by atoms with Crippen molar-refractivity contribution < 1.29 is 53.1 Å². The molecule has 19 heteroatoms. The molecule has 4 N–H and O–H groups in total. The highest BCUT2D eigenvalue weighted by Gasteiger charge is 2.17. The Hall–Kier alpha value is -6.05. The van der Waals surface area contributed by atoms with E-state index < -0.39 is 34.4 Å².